The molecule has 0 aliphatic carbocycles. The van der Waals surface area contributed by atoms with Gasteiger partial charge in [0.05, 0.1) is 12.7 Å². The third-order valence-corrected chi connectivity index (χ3v) is 3.30. The Morgan fingerprint density at radius 2 is 2.29 bits per heavy atom. The Hall–Kier alpha value is -0.840. The van der Waals surface area contributed by atoms with E-state index >= 15 is 0 Å². The van der Waals surface area contributed by atoms with Gasteiger partial charge < -0.3 is 9.30 Å². The second kappa shape index (κ2) is 6.19. The van der Waals surface area contributed by atoms with Crippen LogP contribution < -0.4 is 5.56 Å². The Morgan fingerprint density at radius 1 is 1.41 bits per heavy atom. The van der Waals surface area contributed by atoms with Gasteiger partial charge in [0.1, 0.15) is 0 Å². The first-order chi connectivity index (χ1) is 8.29. The Balaban J connectivity index is 1.86. The standard InChI is InChI=1S/C12H17ClN2O2/c13-9-11-10-14(7-8-17-11)5-6-15-4-2-1-3-12(15)16/h1-4,11H,5-10H2. The molecule has 0 N–H and O–H groups in total. The lowest BCUT2D eigenvalue weighted by Gasteiger charge is -2.31. The fourth-order valence-corrected chi connectivity index (χ4v) is 2.16. The molecule has 2 heterocycles. The molecule has 1 aliphatic heterocycles. The summed E-state index contributed by atoms with van der Waals surface area (Å²) < 4.78 is 7.22. The highest BCUT2D eigenvalue weighted by Crippen LogP contribution is 2.06. The van der Waals surface area contributed by atoms with Crippen LogP contribution in [0.5, 0.6) is 0 Å². The third-order valence-electron chi connectivity index (χ3n) is 2.95. The summed E-state index contributed by atoms with van der Waals surface area (Å²) in [6.07, 6.45) is 1.94. The van der Waals surface area contributed by atoms with Crippen molar-refractivity contribution in [2.45, 2.75) is 12.6 Å². The van der Waals surface area contributed by atoms with Crippen LogP contribution in [-0.4, -0.2) is 47.7 Å². The summed E-state index contributed by atoms with van der Waals surface area (Å²) in [5.41, 5.74) is 0.0506. The zero-order valence-corrected chi connectivity index (χ0v) is 10.5. The van der Waals surface area contributed by atoms with E-state index in [0.29, 0.717) is 12.4 Å². The smallest absolute Gasteiger partial charge is 0.250 e. The van der Waals surface area contributed by atoms with Crippen molar-refractivity contribution in [3.8, 4) is 0 Å². The van der Waals surface area contributed by atoms with E-state index in [2.05, 4.69) is 4.90 Å². The number of rotatable bonds is 4. The molecule has 94 valence electrons. The quantitative estimate of drug-likeness (QED) is 0.747. The Morgan fingerprint density at radius 3 is 3.06 bits per heavy atom. The molecule has 17 heavy (non-hydrogen) atoms. The van der Waals surface area contributed by atoms with Crippen molar-refractivity contribution < 1.29 is 4.74 Å². The van der Waals surface area contributed by atoms with Crippen molar-refractivity contribution in [2.24, 2.45) is 0 Å². The Kier molecular flexibility index (Phi) is 4.59. The predicted molar refractivity (Wildman–Crippen MR) is 67.6 cm³/mol. The van der Waals surface area contributed by atoms with Crippen LogP contribution >= 0.6 is 11.6 Å². The number of alkyl halides is 1. The van der Waals surface area contributed by atoms with Crippen LogP contribution in [0, 0.1) is 0 Å². The fraction of sp³-hybridized carbons (Fsp3) is 0.583. The highest BCUT2D eigenvalue weighted by Gasteiger charge is 2.18. The number of ether oxygens (including phenoxy) is 1. The van der Waals surface area contributed by atoms with Crippen LogP contribution in [0.15, 0.2) is 29.2 Å². The first-order valence-corrected chi connectivity index (χ1v) is 6.38. The van der Waals surface area contributed by atoms with Gasteiger partial charge in [-0.3, -0.25) is 9.69 Å². The van der Waals surface area contributed by atoms with Crippen molar-refractivity contribution in [2.75, 3.05) is 32.1 Å². The molecule has 5 heteroatoms. The van der Waals surface area contributed by atoms with Gasteiger partial charge in [0.15, 0.2) is 0 Å². The summed E-state index contributed by atoms with van der Waals surface area (Å²) in [6, 6.07) is 5.22. The van der Waals surface area contributed by atoms with Crippen LogP contribution in [0.2, 0.25) is 0 Å². The minimum Gasteiger partial charge on any atom is -0.374 e. The summed E-state index contributed by atoms with van der Waals surface area (Å²) in [5, 5.41) is 0. The molecule has 1 aromatic heterocycles. The van der Waals surface area contributed by atoms with Gasteiger partial charge in [-0.1, -0.05) is 6.07 Å². The van der Waals surface area contributed by atoms with E-state index in [4.69, 9.17) is 16.3 Å². The summed E-state index contributed by atoms with van der Waals surface area (Å²) in [4.78, 5) is 13.8. The molecule has 1 saturated heterocycles. The number of hydrogen-bond acceptors (Lipinski definition) is 3. The zero-order valence-electron chi connectivity index (χ0n) is 9.72. The van der Waals surface area contributed by atoms with E-state index in [1.807, 2.05) is 12.3 Å². The molecule has 0 aromatic carbocycles. The monoisotopic (exact) mass is 256 g/mol. The second-order valence-corrected chi connectivity index (χ2v) is 4.49. The van der Waals surface area contributed by atoms with E-state index < -0.39 is 0 Å². The molecule has 0 saturated carbocycles. The van der Waals surface area contributed by atoms with Crippen molar-refractivity contribution in [1.82, 2.24) is 9.47 Å². The van der Waals surface area contributed by atoms with Crippen molar-refractivity contribution in [3.63, 3.8) is 0 Å². The maximum absolute atomic E-state index is 11.5. The molecule has 2 rings (SSSR count). The minimum atomic E-state index is 0.0506. The molecule has 0 radical (unpaired) electrons. The molecule has 0 bridgehead atoms. The van der Waals surface area contributed by atoms with E-state index in [0.717, 1.165) is 26.2 Å². The number of aromatic nitrogens is 1. The fourth-order valence-electron chi connectivity index (χ4n) is 1.97. The van der Waals surface area contributed by atoms with Crippen LogP contribution in [0.25, 0.3) is 0 Å². The van der Waals surface area contributed by atoms with E-state index in [-0.39, 0.29) is 11.7 Å². The highest BCUT2D eigenvalue weighted by molar-refractivity contribution is 6.18. The van der Waals surface area contributed by atoms with E-state index in [9.17, 15) is 4.79 Å². The first-order valence-electron chi connectivity index (χ1n) is 5.85. The molecule has 1 fully saturated rings. The largest absolute Gasteiger partial charge is 0.374 e. The number of nitrogens with zero attached hydrogens (tertiary/aromatic N) is 2. The molecule has 1 aliphatic rings. The van der Waals surface area contributed by atoms with Crippen molar-refractivity contribution in [3.05, 3.63) is 34.7 Å². The summed E-state index contributed by atoms with van der Waals surface area (Å²) >= 11 is 5.78. The molecular formula is C12H17ClN2O2. The molecule has 1 unspecified atom stereocenters. The Bertz CT molecular complexity index is 407. The van der Waals surface area contributed by atoms with Gasteiger partial charge >= 0.3 is 0 Å². The van der Waals surface area contributed by atoms with E-state index in [1.165, 1.54) is 0 Å². The average molecular weight is 257 g/mol. The van der Waals surface area contributed by atoms with Gasteiger partial charge in [-0.2, -0.15) is 0 Å². The summed E-state index contributed by atoms with van der Waals surface area (Å²) in [5.74, 6) is 0.530. The van der Waals surface area contributed by atoms with Crippen LogP contribution in [-0.2, 0) is 11.3 Å². The predicted octanol–water partition coefficient (Wildman–Crippen LogP) is 0.788. The molecular weight excluding hydrogens is 240 g/mol. The maximum atomic E-state index is 11.5. The highest BCUT2D eigenvalue weighted by atomic mass is 35.5. The molecule has 0 amide bonds. The SMILES string of the molecule is O=c1ccccn1CCN1CCOC(CCl)C1. The molecule has 4 nitrogen and oxygen atoms in total. The van der Waals surface area contributed by atoms with Crippen molar-refractivity contribution in [1.29, 1.82) is 0 Å². The van der Waals surface area contributed by atoms with Gasteiger partial charge in [-0.25, -0.2) is 0 Å². The van der Waals surface area contributed by atoms with E-state index in [1.54, 1.807) is 16.7 Å². The lowest BCUT2D eigenvalue weighted by atomic mass is 10.3. The molecule has 1 atom stereocenters. The van der Waals surface area contributed by atoms with Gasteiger partial charge in [0.2, 0.25) is 0 Å². The van der Waals surface area contributed by atoms with Crippen LogP contribution in [0.1, 0.15) is 0 Å². The normalized spacial score (nSPS) is 21.6. The van der Waals surface area contributed by atoms with Gasteiger partial charge in [0.25, 0.3) is 5.56 Å². The molecule has 1 aromatic rings. The minimum absolute atomic E-state index is 0.0506. The van der Waals surface area contributed by atoms with Gasteiger partial charge in [-0.05, 0) is 6.07 Å². The summed E-state index contributed by atoms with van der Waals surface area (Å²) in [7, 11) is 0. The maximum Gasteiger partial charge on any atom is 0.250 e. The number of halogens is 1. The van der Waals surface area contributed by atoms with Gasteiger partial charge in [0, 0.05) is 44.3 Å². The second-order valence-electron chi connectivity index (χ2n) is 4.18. The molecule has 0 spiro atoms. The van der Waals surface area contributed by atoms with Gasteiger partial charge in [-0.15, -0.1) is 11.6 Å². The number of hydrogen-bond donors (Lipinski definition) is 0. The first kappa shape index (κ1) is 12.6. The number of pyridine rings is 1. The Labute approximate surface area is 106 Å². The average Bonchev–Trinajstić information content (AvgIpc) is 2.38. The van der Waals surface area contributed by atoms with Crippen LogP contribution in [0.4, 0.5) is 0 Å². The topological polar surface area (TPSA) is 34.5 Å². The summed E-state index contributed by atoms with van der Waals surface area (Å²) in [6.45, 7) is 4.07. The third kappa shape index (κ3) is 3.56. The lowest BCUT2D eigenvalue weighted by molar-refractivity contribution is -0.0173. The van der Waals surface area contributed by atoms with Crippen LogP contribution in [0.3, 0.4) is 0 Å². The zero-order chi connectivity index (χ0) is 12.1. The number of morpholine rings is 1. The lowest BCUT2D eigenvalue weighted by Crippen LogP contribution is -2.44. The van der Waals surface area contributed by atoms with Crippen molar-refractivity contribution >= 4 is 11.6 Å².